The van der Waals surface area contributed by atoms with Crippen LogP contribution in [0.3, 0.4) is 0 Å². The van der Waals surface area contributed by atoms with Crippen molar-refractivity contribution in [3.8, 4) is 11.5 Å². The van der Waals surface area contributed by atoms with Crippen LogP contribution >= 0.6 is 0 Å². The Morgan fingerprint density at radius 1 is 1.16 bits per heavy atom. The number of hydrogen-bond acceptors (Lipinski definition) is 5. The molecule has 1 aromatic carbocycles. The number of rotatable bonds is 2. The van der Waals surface area contributed by atoms with Crippen LogP contribution in [-0.2, 0) is 14.9 Å². The molecule has 0 aromatic heterocycles. The number of carbonyl (C=O) groups is 1. The zero-order valence-corrected chi connectivity index (χ0v) is 17.9. The van der Waals surface area contributed by atoms with Gasteiger partial charge in [-0.15, -0.1) is 0 Å². The highest BCUT2D eigenvalue weighted by molar-refractivity contribution is 5.99. The summed E-state index contributed by atoms with van der Waals surface area (Å²) in [5.74, 6) is 2.57. The number of amides is 1. The number of nitrogens with zero attached hydrogens (tertiary/aromatic N) is 2. The number of methoxy groups -OCH3 is 2. The van der Waals surface area contributed by atoms with Gasteiger partial charge in [-0.2, -0.15) is 0 Å². The van der Waals surface area contributed by atoms with Gasteiger partial charge in [-0.3, -0.25) is 9.69 Å². The van der Waals surface area contributed by atoms with E-state index in [4.69, 9.17) is 14.2 Å². The minimum atomic E-state index is -0.0242. The molecule has 8 heteroatoms. The number of fused-ring (bicyclic) bond motifs is 2. The number of benzene rings is 1. The average Bonchev–Trinajstić information content (AvgIpc) is 3.20. The first kappa shape index (κ1) is 20.8. The third-order valence-electron chi connectivity index (χ3n) is 8.81. The lowest BCUT2D eigenvalue weighted by Gasteiger charge is -2.58. The molecule has 4 N–H and O–H groups in total. The minimum Gasteiger partial charge on any atom is -0.493 e. The molecule has 6 atom stereocenters. The fourth-order valence-electron chi connectivity index (χ4n) is 7.87. The maximum Gasteiger partial charge on any atom is 0.229 e. The lowest BCUT2D eigenvalue weighted by molar-refractivity contribution is -0.132. The topological polar surface area (TPSA) is 114 Å². The molecule has 1 aliphatic carbocycles. The SMILES string of the molecule is COc1cc2c(cc1OC)[C@@]13CCN4CC5=CCO[C@H]6CC(=O)N2[C@H]1[C@H]6[C@H]5C[C@H]43.O.O. The normalized spacial score (nSPS) is 38.4. The van der Waals surface area contributed by atoms with Gasteiger partial charge < -0.3 is 30.1 Å². The minimum absolute atomic E-state index is 0. The third-order valence-corrected chi connectivity index (χ3v) is 8.81. The van der Waals surface area contributed by atoms with Crippen LogP contribution in [0.2, 0.25) is 0 Å². The highest BCUT2D eigenvalue weighted by Crippen LogP contribution is 2.66. The van der Waals surface area contributed by atoms with E-state index in [1.54, 1.807) is 19.8 Å². The van der Waals surface area contributed by atoms with Gasteiger partial charge in [-0.1, -0.05) is 11.6 Å². The number of piperidine rings is 2. The molecule has 5 heterocycles. The Bertz CT molecular complexity index is 979. The Kier molecular flexibility index (Phi) is 4.47. The van der Waals surface area contributed by atoms with Crippen molar-refractivity contribution in [2.75, 3.05) is 38.8 Å². The second-order valence-corrected chi connectivity index (χ2v) is 9.48. The fraction of sp³-hybridized carbons (Fsp3) is 0.609. The van der Waals surface area contributed by atoms with Gasteiger partial charge in [0.05, 0.1) is 45.1 Å². The first-order valence-corrected chi connectivity index (χ1v) is 10.8. The highest BCUT2D eigenvalue weighted by atomic mass is 16.5. The van der Waals surface area contributed by atoms with Gasteiger partial charge in [0.15, 0.2) is 11.5 Å². The van der Waals surface area contributed by atoms with E-state index in [1.807, 2.05) is 6.07 Å². The summed E-state index contributed by atoms with van der Waals surface area (Å²) in [7, 11) is 3.36. The predicted molar refractivity (Wildman–Crippen MR) is 114 cm³/mol. The van der Waals surface area contributed by atoms with Gasteiger partial charge in [0.1, 0.15) is 0 Å². The lowest BCUT2D eigenvalue weighted by atomic mass is 9.53. The molecule has 168 valence electrons. The number of anilines is 1. The summed E-state index contributed by atoms with van der Waals surface area (Å²) in [5.41, 5.74) is 3.85. The zero-order chi connectivity index (χ0) is 19.5. The molecular weight excluding hydrogens is 400 g/mol. The molecule has 5 aliphatic heterocycles. The van der Waals surface area contributed by atoms with Gasteiger partial charge in [-0.05, 0) is 36.9 Å². The molecule has 0 radical (unpaired) electrons. The molecule has 2 bridgehead atoms. The lowest BCUT2D eigenvalue weighted by Crippen LogP contribution is -2.69. The van der Waals surface area contributed by atoms with E-state index in [2.05, 4.69) is 21.9 Å². The number of ether oxygens (including phenoxy) is 3. The van der Waals surface area contributed by atoms with E-state index in [0.29, 0.717) is 36.7 Å². The molecular formula is C23H30N2O6. The van der Waals surface area contributed by atoms with E-state index >= 15 is 0 Å². The molecule has 1 spiro atoms. The van der Waals surface area contributed by atoms with Gasteiger partial charge >= 0.3 is 0 Å². The molecule has 1 amide bonds. The fourth-order valence-corrected chi connectivity index (χ4v) is 7.87. The van der Waals surface area contributed by atoms with Crippen molar-refractivity contribution in [3.63, 3.8) is 0 Å². The highest BCUT2D eigenvalue weighted by Gasteiger charge is 2.71. The van der Waals surface area contributed by atoms with Crippen molar-refractivity contribution in [3.05, 3.63) is 29.3 Å². The van der Waals surface area contributed by atoms with Gasteiger partial charge in [0.25, 0.3) is 0 Å². The standard InChI is InChI=1S/C23H26N2O4.2H2O/c1-27-16-8-14-15(9-17(16)28-2)25-20(26)10-18-21-13-7-19-23(14,22(21)25)4-5-24(19)11-12(13)3-6-29-18;;/h3,8-9,13,18-19,21-22H,4-7,10-11H2,1-2H3;2*1H2/t13-,18-,19-,21-,22-,23+;;/m0../s1. The molecule has 8 nitrogen and oxygen atoms in total. The first-order chi connectivity index (χ1) is 14.2. The molecule has 0 unspecified atom stereocenters. The molecule has 7 rings (SSSR count). The summed E-state index contributed by atoms with van der Waals surface area (Å²) >= 11 is 0. The summed E-state index contributed by atoms with van der Waals surface area (Å²) in [6.45, 7) is 2.80. The summed E-state index contributed by atoms with van der Waals surface area (Å²) in [6, 6.07) is 4.87. The van der Waals surface area contributed by atoms with Gasteiger partial charge in [-0.25, -0.2) is 0 Å². The van der Waals surface area contributed by atoms with Crippen molar-refractivity contribution in [1.82, 2.24) is 4.90 Å². The van der Waals surface area contributed by atoms with Crippen LogP contribution in [0.5, 0.6) is 11.5 Å². The van der Waals surface area contributed by atoms with Crippen molar-refractivity contribution >= 4 is 11.6 Å². The number of hydrogen-bond donors (Lipinski definition) is 0. The Labute approximate surface area is 181 Å². The third kappa shape index (κ3) is 2.21. The van der Waals surface area contributed by atoms with Crippen LogP contribution < -0.4 is 14.4 Å². The second-order valence-electron chi connectivity index (χ2n) is 9.48. The van der Waals surface area contributed by atoms with Crippen molar-refractivity contribution in [1.29, 1.82) is 0 Å². The van der Waals surface area contributed by atoms with E-state index in [9.17, 15) is 4.79 Å². The van der Waals surface area contributed by atoms with Crippen LogP contribution in [0.25, 0.3) is 0 Å². The molecule has 3 saturated heterocycles. The summed E-state index contributed by atoms with van der Waals surface area (Å²) in [5, 5.41) is 0. The second kappa shape index (κ2) is 6.68. The maximum atomic E-state index is 13.5. The summed E-state index contributed by atoms with van der Waals surface area (Å²) < 4.78 is 17.6. The van der Waals surface area contributed by atoms with Crippen LogP contribution in [0, 0.1) is 11.8 Å². The van der Waals surface area contributed by atoms with Crippen LogP contribution in [0.15, 0.2) is 23.8 Å². The Morgan fingerprint density at radius 2 is 1.94 bits per heavy atom. The molecule has 6 aliphatic rings. The van der Waals surface area contributed by atoms with Crippen LogP contribution in [0.1, 0.15) is 24.8 Å². The Balaban J connectivity index is 0.00000102. The molecule has 1 aromatic rings. The Hall–Kier alpha value is -2.13. The van der Waals surface area contributed by atoms with Crippen molar-refractivity contribution in [2.24, 2.45) is 11.8 Å². The predicted octanol–water partition coefficient (Wildman–Crippen LogP) is 0.460. The smallest absolute Gasteiger partial charge is 0.229 e. The average molecular weight is 431 g/mol. The van der Waals surface area contributed by atoms with Crippen LogP contribution in [-0.4, -0.2) is 73.9 Å². The zero-order valence-electron chi connectivity index (χ0n) is 17.9. The summed E-state index contributed by atoms with van der Waals surface area (Å²) in [6.07, 6.45) is 5.11. The monoisotopic (exact) mass is 430 g/mol. The van der Waals surface area contributed by atoms with Crippen molar-refractivity contribution in [2.45, 2.75) is 42.9 Å². The largest absolute Gasteiger partial charge is 0.493 e. The number of carbonyl (C=O) groups excluding carboxylic acids is 1. The summed E-state index contributed by atoms with van der Waals surface area (Å²) in [4.78, 5) is 18.3. The van der Waals surface area contributed by atoms with E-state index < -0.39 is 0 Å². The Morgan fingerprint density at radius 3 is 2.71 bits per heavy atom. The van der Waals surface area contributed by atoms with E-state index in [0.717, 1.165) is 30.9 Å². The van der Waals surface area contributed by atoms with E-state index in [1.165, 1.54) is 12.0 Å². The quantitative estimate of drug-likeness (QED) is 0.633. The van der Waals surface area contributed by atoms with E-state index in [-0.39, 0.29) is 34.4 Å². The van der Waals surface area contributed by atoms with Crippen molar-refractivity contribution < 1.29 is 30.0 Å². The maximum absolute atomic E-state index is 13.5. The van der Waals surface area contributed by atoms with Gasteiger partial charge in [0, 0.05) is 30.0 Å². The van der Waals surface area contributed by atoms with Gasteiger partial charge in [0.2, 0.25) is 5.91 Å². The first-order valence-electron chi connectivity index (χ1n) is 10.8. The van der Waals surface area contributed by atoms with Crippen LogP contribution in [0.4, 0.5) is 5.69 Å². The molecule has 31 heavy (non-hydrogen) atoms. The molecule has 4 fully saturated rings. The molecule has 1 saturated carbocycles.